The number of hydrogen-bond acceptors (Lipinski definition) is 5. The topological polar surface area (TPSA) is 57.3 Å². The third-order valence-electron chi connectivity index (χ3n) is 5.30. The summed E-state index contributed by atoms with van der Waals surface area (Å²) in [7, 11) is 0. The van der Waals surface area contributed by atoms with Gasteiger partial charge < -0.3 is 10.6 Å². The lowest BCUT2D eigenvalue weighted by molar-refractivity contribution is -0.123. The van der Waals surface area contributed by atoms with Crippen molar-refractivity contribution in [3.05, 3.63) is 29.0 Å². The van der Waals surface area contributed by atoms with Crippen LogP contribution in [0.5, 0.6) is 0 Å². The molecule has 0 radical (unpaired) electrons. The Kier molecular flexibility index (Phi) is 5.47. The number of carbonyl (C=O) groups is 1. The van der Waals surface area contributed by atoms with Crippen LogP contribution in [0.1, 0.15) is 30.7 Å². The number of rotatable bonds is 5. The fraction of sp³-hybridized carbons (Fsp3) is 0.579. The molecule has 1 aromatic heterocycles. The van der Waals surface area contributed by atoms with E-state index in [4.69, 9.17) is 0 Å². The molecule has 2 aliphatic rings. The molecule has 2 N–H and O–H groups in total. The minimum atomic E-state index is -0.210. The minimum absolute atomic E-state index is 0.00200. The van der Waals surface area contributed by atoms with E-state index in [1.54, 1.807) is 23.5 Å². The van der Waals surface area contributed by atoms with Crippen LogP contribution in [-0.4, -0.2) is 48.0 Å². The Labute approximate surface area is 157 Å². The summed E-state index contributed by atoms with van der Waals surface area (Å²) in [6.45, 7) is 4.52. The first kappa shape index (κ1) is 17.8. The first-order chi connectivity index (χ1) is 12.7. The monoisotopic (exact) mass is 376 g/mol. The van der Waals surface area contributed by atoms with E-state index >= 15 is 0 Å². The molecule has 2 unspecified atom stereocenters. The first-order valence-corrected chi connectivity index (χ1v) is 10.3. The van der Waals surface area contributed by atoms with E-state index in [9.17, 15) is 9.18 Å². The summed E-state index contributed by atoms with van der Waals surface area (Å²) in [5.74, 6) is 0.423. The van der Waals surface area contributed by atoms with Crippen molar-refractivity contribution in [1.82, 2.24) is 20.5 Å². The van der Waals surface area contributed by atoms with Crippen LogP contribution in [0.4, 0.5) is 4.39 Å². The fourth-order valence-electron chi connectivity index (χ4n) is 3.94. The van der Waals surface area contributed by atoms with E-state index in [1.807, 2.05) is 0 Å². The summed E-state index contributed by atoms with van der Waals surface area (Å²) >= 11 is 1.57. The largest absolute Gasteiger partial charge is 0.354 e. The van der Waals surface area contributed by atoms with Crippen molar-refractivity contribution < 1.29 is 9.18 Å². The van der Waals surface area contributed by atoms with Crippen LogP contribution in [0, 0.1) is 11.7 Å². The highest BCUT2D eigenvalue weighted by molar-refractivity contribution is 7.18. The van der Waals surface area contributed by atoms with Gasteiger partial charge in [0.25, 0.3) is 0 Å². The molecule has 4 rings (SSSR count). The second-order valence-corrected chi connectivity index (χ2v) is 8.47. The number of aromatic nitrogens is 1. The summed E-state index contributed by atoms with van der Waals surface area (Å²) in [6.07, 6.45) is 4.32. The highest BCUT2D eigenvalue weighted by Gasteiger charge is 2.25. The molecule has 3 heterocycles. The molecule has 2 saturated heterocycles. The molecule has 0 aliphatic carbocycles. The third-order valence-corrected chi connectivity index (χ3v) is 6.30. The van der Waals surface area contributed by atoms with Crippen LogP contribution < -0.4 is 10.6 Å². The Hall–Kier alpha value is -1.57. The molecule has 2 aromatic rings. The molecule has 1 amide bonds. The van der Waals surface area contributed by atoms with Crippen LogP contribution in [0.2, 0.25) is 0 Å². The molecule has 1 aromatic carbocycles. The Morgan fingerprint density at radius 2 is 2.31 bits per heavy atom. The standard InChI is InChI=1S/C19H25FN4OS/c20-14-5-6-15-17(9-14)26-18(23-15)12-24-8-2-3-13(11-24)10-22-19(25)16-4-1-7-21-16/h5-6,9,13,16,21H,1-4,7-8,10-12H2,(H,22,25). The Bertz CT molecular complexity index is 774. The molecule has 0 saturated carbocycles. The average Bonchev–Trinajstić information content (AvgIpc) is 3.29. The van der Waals surface area contributed by atoms with E-state index in [1.165, 1.54) is 6.07 Å². The number of hydrogen-bond donors (Lipinski definition) is 2. The zero-order valence-electron chi connectivity index (χ0n) is 14.8. The Morgan fingerprint density at radius 3 is 3.15 bits per heavy atom. The molecule has 26 heavy (non-hydrogen) atoms. The zero-order valence-corrected chi connectivity index (χ0v) is 15.7. The minimum Gasteiger partial charge on any atom is -0.354 e. The highest BCUT2D eigenvalue weighted by Crippen LogP contribution is 2.25. The van der Waals surface area contributed by atoms with Crippen molar-refractivity contribution in [2.24, 2.45) is 5.92 Å². The fourth-order valence-corrected chi connectivity index (χ4v) is 4.98. The molecule has 2 fully saturated rings. The number of fused-ring (bicyclic) bond motifs is 1. The average molecular weight is 377 g/mol. The predicted octanol–water partition coefficient (Wildman–Crippen LogP) is 2.52. The first-order valence-electron chi connectivity index (χ1n) is 9.46. The molecule has 7 heteroatoms. The second-order valence-electron chi connectivity index (χ2n) is 7.36. The number of carbonyl (C=O) groups excluding carboxylic acids is 1. The van der Waals surface area contributed by atoms with Crippen molar-refractivity contribution in [3.63, 3.8) is 0 Å². The summed E-state index contributed by atoms with van der Waals surface area (Å²) in [5.41, 5.74) is 0.872. The number of likely N-dealkylation sites (tertiary alicyclic amines) is 1. The molecule has 5 nitrogen and oxygen atoms in total. The highest BCUT2D eigenvalue weighted by atomic mass is 32.1. The maximum absolute atomic E-state index is 13.3. The normalized spacial score (nSPS) is 24.2. The van der Waals surface area contributed by atoms with Gasteiger partial charge in [-0.3, -0.25) is 9.69 Å². The maximum atomic E-state index is 13.3. The van der Waals surface area contributed by atoms with Crippen molar-refractivity contribution >= 4 is 27.5 Å². The van der Waals surface area contributed by atoms with Gasteiger partial charge in [-0.15, -0.1) is 11.3 Å². The summed E-state index contributed by atoms with van der Waals surface area (Å²) in [6, 6.07) is 4.76. The van der Waals surface area contributed by atoms with E-state index in [0.717, 1.165) is 73.6 Å². The molecule has 140 valence electrons. The quantitative estimate of drug-likeness (QED) is 0.842. The van der Waals surface area contributed by atoms with E-state index in [-0.39, 0.29) is 17.8 Å². The summed E-state index contributed by atoms with van der Waals surface area (Å²) < 4.78 is 14.3. The van der Waals surface area contributed by atoms with Crippen molar-refractivity contribution in [2.45, 2.75) is 38.3 Å². The third kappa shape index (κ3) is 4.22. The van der Waals surface area contributed by atoms with Gasteiger partial charge in [0.2, 0.25) is 5.91 Å². The van der Waals surface area contributed by atoms with Gasteiger partial charge >= 0.3 is 0 Å². The predicted molar refractivity (Wildman–Crippen MR) is 102 cm³/mol. The lowest BCUT2D eigenvalue weighted by Gasteiger charge is -2.32. The van der Waals surface area contributed by atoms with Gasteiger partial charge in [0.05, 0.1) is 22.8 Å². The maximum Gasteiger partial charge on any atom is 0.237 e. The van der Waals surface area contributed by atoms with Crippen molar-refractivity contribution in [3.8, 4) is 0 Å². The molecular formula is C19H25FN4OS. The van der Waals surface area contributed by atoms with Crippen LogP contribution in [0.15, 0.2) is 18.2 Å². The number of thiazole rings is 1. The Balaban J connectivity index is 1.30. The van der Waals surface area contributed by atoms with Gasteiger partial charge in [-0.05, 0) is 62.9 Å². The summed E-state index contributed by atoms with van der Waals surface area (Å²) in [4.78, 5) is 19.2. The van der Waals surface area contributed by atoms with Gasteiger partial charge in [0.15, 0.2) is 0 Å². The van der Waals surface area contributed by atoms with Gasteiger partial charge in [0, 0.05) is 13.1 Å². The number of nitrogens with one attached hydrogen (secondary N) is 2. The lowest BCUT2D eigenvalue weighted by atomic mass is 9.98. The SMILES string of the molecule is O=C(NCC1CCCN(Cc2nc3ccc(F)cc3s2)C1)C1CCCN1. The lowest BCUT2D eigenvalue weighted by Crippen LogP contribution is -2.45. The molecule has 2 atom stereocenters. The second kappa shape index (κ2) is 7.98. The Morgan fingerprint density at radius 1 is 1.38 bits per heavy atom. The van der Waals surface area contributed by atoms with Crippen LogP contribution in [-0.2, 0) is 11.3 Å². The molecule has 2 aliphatic heterocycles. The van der Waals surface area contributed by atoms with E-state index < -0.39 is 0 Å². The molecule has 0 bridgehead atoms. The van der Waals surface area contributed by atoms with E-state index in [2.05, 4.69) is 20.5 Å². The van der Waals surface area contributed by atoms with Gasteiger partial charge in [-0.2, -0.15) is 0 Å². The van der Waals surface area contributed by atoms with Gasteiger partial charge in [-0.25, -0.2) is 9.37 Å². The number of amides is 1. The number of nitrogens with zero attached hydrogens (tertiary/aromatic N) is 2. The van der Waals surface area contributed by atoms with Crippen molar-refractivity contribution in [1.29, 1.82) is 0 Å². The van der Waals surface area contributed by atoms with Gasteiger partial charge in [0.1, 0.15) is 10.8 Å². The van der Waals surface area contributed by atoms with Crippen molar-refractivity contribution in [2.75, 3.05) is 26.2 Å². The summed E-state index contributed by atoms with van der Waals surface area (Å²) in [5, 5.41) is 7.40. The number of halogens is 1. The smallest absolute Gasteiger partial charge is 0.237 e. The zero-order chi connectivity index (χ0) is 17.9. The molecule has 0 spiro atoms. The van der Waals surface area contributed by atoms with Crippen LogP contribution in [0.3, 0.4) is 0 Å². The molecular weight excluding hydrogens is 351 g/mol. The van der Waals surface area contributed by atoms with Crippen LogP contribution >= 0.6 is 11.3 Å². The van der Waals surface area contributed by atoms with Gasteiger partial charge in [-0.1, -0.05) is 0 Å². The van der Waals surface area contributed by atoms with E-state index in [0.29, 0.717) is 5.92 Å². The number of benzene rings is 1. The van der Waals surface area contributed by atoms with Crippen LogP contribution in [0.25, 0.3) is 10.2 Å². The number of piperidine rings is 1.